The number of pyridine rings is 1. The number of nitrogens with zero attached hydrogens (tertiary/aromatic N) is 2. The Labute approximate surface area is 159 Å². The zero-order valence-electron chi connectivity index (χ0n) is 16.2. The maximum absolute atomic E-state index is 12.3. The monoisotopic (exact) mass is 373 g/mol. The molecular formula is C20H27N3O4. The van der Waals surface area contributed by atoms with Crippen LogP contribution in [0.2, 0.25) is 0 Å². The van der Waals surface area contributed by atoms with Crippen LogP contribution in [-0.4, -0.2) is 41.5 Å². The molecule has 2 saturated heterocycles. The Balaban J connectivity index is 1.63. The fraction of sp³-hybridized carbons (Fsp3) is 0.600. The SMILES string of the molecule is CC(C)(C)OC(=O)C1CCN(c2cc(C3CCC(=O)NC3=O)ccn2)CC1. The second-order valence-corrected chi connectivity index (χ2v) is 8.25. The largest absolute Gasteiger partial charge is 0.460 e. The zero-order valence-corrected chi connectivity index (χ0v) is 16.2. The number of imide groups is 1. The van der Waals surface area contributed by atoms with Gasteiger partial charge in [0.1, 0.15) is 11.4 Å². The van der Waals surface area contributed by atoms with E-state index in [1.54, 1.807) is 6.20 Å². The first kappa shape index (κ1) is 19.3. The fourth-order valence-corrected chi connectivity index (χ4v) is 3.56. The Morgan fingerprint density at radius 2 is 1.93 bits per heavy atom. The second-order valence-electron chi connectivity index (χ2n) is 8.25. The molecule has 1 unspecified atom stereocenters. The van der Waals surface area contributed by atoms with Gasteiger partial charge in [-0.05, 0) is 57.7 Å². The molecule has 1 aromatic rings. The summed E-state index contributed by atoms with van der Waals surface area (Å²) >= 11 is 0. The number of ether oxygens (including phenoxy) is 1. The molecule has 0 radical (unpaired) electrons. The smallest absolute Gasteiger partial charge is 0.309 e. The van der Waals surface area contributed by atoms with Crippen molar-refractivity contribution in [1.82, 2.24) is 10.3 Å². The maximum atomic E-state index is 12.3. The van der Waals surface area contributed by atoms with Gasteiger partial charge in [0.05, 0.1) is 11.8 Å². The molecule has 2 aliphatic rings. The average Bonchev–Trinajstić information content (AvgIpc) is 2.60. The van der Waals surface area contributed by atoms with E-state index in [-0.39, 0.29) is 29.6 Å². The third-order valence-corrected chi connectivity index (χ3v) is 4.97. The first-order valence-corrected chi connectivity index (χ1v) is 9.50. The third-order valence-electron chi connectivity index (χ3n) is 4.97. The summed E-state index contributed by atoms with van der Waals surface area (Å²) in [7, 11) is 0. The van der Waals surface area contributed by atoms with Crippen LogP contribution in [0.5, 0.6) is 0 Å². The molecule has 2 amide bonds. The minimum absolute atomic E-state index is 0.0845. The molecule has 2 fully saturated rings. The normalized spacial score (nSPS) is 21.7. The molecule has 0 bridgehead atoms. The van der Waals surface area contributed by atoms with E-state index in [4.69, 9.17) is 4.74 Å². The lowest BCUT2D eigenvalue weighted by atomic mass is 9.91. The number of esters is 1. The van der Waals surface area contributed by atoms with Crippen molar-refractivity contribution < 1.29 is 19.1 Å². The van der Waals surface area contributed by atoms with Crippen molar-refractivity contribution in [2.24, 2.45) is 5.92 Å². The Bertz CT molecular complexity index is 733. The quantitative estimate of drug-likeness (QED) is 0.645. The predicted octanol–water partition coefficient (Wildman–Crippen LogP) is 2.16. The molecule has 3 rings (SSSR count). The molecule has 27 heavy (non-hydrogen) atoms. The zero-order chi connectivity index (χ0) is 19.6. The van der Waals surface area contributed by atoms with Crippen molar-refractivity contribution in [2.45, 2.75) is 58.0 Å². The van der Waals surface area contributed by atoms with Crippen LogP contribution in [0.15, 0.2) is 18.3 Å². The van der Waals surface area contributed by atoms with Crippen molar-refractivity contribution in [3.63, 3.8) is 0 Å². The van der Waals surface area contributed by atoms with Gasteiger partial charge in [-0.1, -0.05) is 0 Å². The number of piperidine rings is 2. The molecule has 146 valence electrons. The van der Waals surface area contributed by atoms with Gasteiger partial charge in [0.25, 0.3) is 0 Å². The molecule has 1 N–H and O–H groups in total. The molecular weight excluding hydrogens is 346 g/mol. The number of aromatic nitrogens is 1. The van der Waals surface area contributed by atoms with Gasteiger partial charge in [-0.3, -0.25) is 19.7 Å². The highest BCUT2D eigenvalue weighted by molar-refractivity contribution is 6.00. The lowest BCUT2D eigenvalue weighted by molar-refractivity contribution is -0.160. The summed E-state index contributed by atoms with van der Waals surface area (Å²) in [5, 5.41) is 2.40. The summed E-state index contributed by atoms with van der Waals surface area (Å²) in [6, 6.07) is 3.75. The number of rotatable bonds is 3. The topological polar surface area (TPSA) is 88.6 Å². The lowest BCUT2D eigenvalue weighted by Gasteiger charge is -2.33. The summed E-state index contributed by atoms with van der Waals surface area (Å²) in [6.07, 6.45) is 4.02. The number of hydrogen-bond donors (Lipinski definition) is 1. The summed E-state index contributed by atoms with van der Waals surface area (Å²) in [5.74, 6) is -0.184. The number of carbonyl (C=O) groups is 3. The molecule has 0 saturated carbocycles. The summed E-state index contributed by atoms with van der Waals surface area (Å²) < 4.78 is 5.49. The van der Waals surface area contributed by atoms with Gasteiger partial charge in [0, 0.05) is 25.7 Å². The average molecular weight is 373 g/mol. The van der Waals surface area contributed by atoms with E-state index < -0.39 is 5.60 Å². The summed E-state index contributed by atoms with van der Waals surface area (Å²) in [4.78, 5) is 42.3. The van der Waals surface area contributed by atoms with Gasteiger partial charge in [0.2, 0.25) is 11.8 Å². The van der Waals surface area contributed by atoms with Crippen molar-refractivity contribution in [3.8, 4) is 0 Å². The van der Waals surface area contributed by atoms with Crippen LogP contribution in [0.3, 0.4) is 0 Å². The van der Waals surface area contributed by atoms with Gasteiger partial charge < -0.3 is 9.64 Å². The van der Waals surface area contributed by atoms with E-state index in [1.807, 2.05) is 32.9 Å². The molecule has 7 nitrogen and oxygen atoms in total. The first-order valence-electron chi connectivity index (χ1n) is 9.50. The second kappa shape index (κ2) is 7.66. The van der Waals surface area contributed by atoms with E-state index in [2.05, 4.69) is 15.2 Å². The van der Waals surface area contributed by atoms with Crippen LogP contribution in [0.1, 0.15) is 57.9 Å². The predicted molar refractivity (Wildman–Crippen MR) is 100 cm³/mol. The highest BCUT2D eigenvalue weighted by atomic mass is 16.6. The van der Waals surface area contributed by atoms with E-state index >= 15 is 0 Å². The Morgan fingerprint density at radius 1 is 1.22 bits per heavy atom. The van der Waals surface area contributed by atoms with Gasteiger partial charge >= 0.3 is 5.97 Å². The van der Waals surface area contributed by atoms with Crippen LogP contribution >= 0.6 is 0 Å². The van der Waals surface area contributed by atoms with Crippen LogP contribution < -0.4 is 10.2 Å². The fourth-order valence-electron chi connectivity index (χ4n) is 3.56. The first-order chi connectivity index (χ1) is 12.7. The molecule has 3 heterocycles. The summed E-state index contributed by atoms with van der Waals surface area (Å²) in [6.45, 7) is 7.07. The standard InChI is InChI=1S/C20H27N3O4/c1-20(2,3)27-19(26)13-7-10-23(11-8-13)16-12-14(6-9-21-16)15-4-5-17(24)22-18(15)25/h6,9,12-13,15H,4-5,7-8,10-11H2,1-3H3,(H,22,24,25). The number of amides is 2. The van der Waals surface area contributed by atoms with Crippen molar-refractivity contribution >= 4 is 23.6 Å². The number of carbonyl (C=O) groups excluding carboxylic acids is 3. The highest BCUT2D eigenvalue weighted by Gasteiger charge is 2.31. The van der Waals surface area contributed by atoms with Crippen LogP contribution in [0, 0.1) is 5.92 Å². The van der Waals surface area contributed by atoms with Gasteiger partial charge in [0.15, 0.2) is 0 Å². The van der Waals surface area contributed by atoms with Crippen LogP contribution in [0.4, 0.5) is 5.82 Å². The van der Waals surface area contributed by atoms with Crippen LogP contribution in [0.25, 0.3) is 0 Å². The Morgan fingerprint density at radius 3 is 2.56 bits per heavy atom. The van der Waals surface area contributed by atoms with Gasteiger partial charge in [-0.15, -0.1) is 0 Å². The van der Waals surface area contributed by atoms with Crippen LogP contribution in [-0.2, 0) is 19.1 Å². The number of nitrogens with one attached hydrogen (secondary N) is 1. The summed E-state index contributed by atoms with van der Waals surface area (Å²) in [5.41, 5.74) is 0.408. The molecule has 0 aliphatic carbocycles. The minimum atomic E-state index is -0.466. The van der Waals surface area contributed by atoms with E-state index in [0.29, 0.717) is 12.8 Å². The molecule has 1 aromatic heterocycles. The number of hydrogen-bond acceptors (Lipinski definition) is 6. The molecule has 0 aromatic carbocycles. The Kier molecular flexibility index (Phi) is 5.48. The molecule has 1 atom stereocenters. The molecule has 0 spiro atoms. The van der Waals surface area contributed by atoms with E-state index in [1.165, 1.54) is 0 Å². The van der Waals surface area contributed by atoms with E-state index in [9.17, 15) is 14.4 Å². The molecule has 2 aliphatic heterocycles. The Hall–Kier alpha value is -2.44. The van der Waals surface area contributed by atoms with Gasteiger partial charge in [-0.25, -0.2) is 4.98 Å². The third kappa shape index (κ3) is 4.84. The number of anilines is 1. The van der Waals surface area contributed by atoms with Gasteiger partial charge in [-0.2, -0.15) is 0 Å². The highest BCUT2D eigenvalue weighted by Crippen LogP contribution is 2.29. The molecule has 7 heteroatoms. The minimum Gasteiger partial charge on any atom is -0.460 e. The van der Waals surface area contributed by atoms with Crippen molar-refractivity contribution in [3.05, 3.63) is 23.9 Å². The van der Waals surface area contributed by atoms with E-state index in [0.717, 1.165) is 37.3 Å². The van der Waals surface area contributed by atoms with Crippen molar-refractivity contribution in [2.75, 3.05) is 18.0 Å². The lowest BCUT2D eigenvalue weighted by Crippen LogP contribution is -2.40. The van der Waals surface area contributed by atoms with Crippen molar-refractivity contribution in [1.29, 1.82) is 0 Å². The maximum Gasteiger partial charge on any atom is 0.309 e.